The molecule has 8 heteroatoms. The molecule has 0 radical (unpaired) electrons. The molecule has 1 saturated heterocycles. The molecule has 33 heavy (non-hydrogen) atoms. The van der Waals surface area contributed by atoms with Gasteiger partial charge in [-0.15, -0.1) is 0 Å². The molecule has 174 valence electrons. The van der Waals surface area contributed by atoms with Crippen molar-refractivity contribution in [3.8, 4) is 0 Å². The van der Waals surface area contributed by atoms with Crippen LogP contribution in [0.5, 0.6) is 0 Å². The van der Waals surface area contributed by atoms with Gasteiger partial charge in [0.15, 0.2) is 0 Å². The molecule has 2 aliphatic heterocycles. The molecule has 4 rings (SSSR count). The number of ether oxygens (including phenoxy) is 1. The Morgan fingerprint density at radius 1 is 1.21 bits per heavy atom. The van der Waals surface area contributed by atoms with Crippen molar-refractivity contribution in [1.29, 1.82) is 0 Å². The topological polar surface area (TPSA) is 117 Å². The third-order valence-electron chi connectivity index (χ3n) is 6.75. The van der Waals surface area contributed by atoms with Crippen molar-refractivity contribution in [2.75, 3.05) is 17.2 Å². The Balaban J connectivity index is 1.66. The van der Waals surface area contributed by atoms with Crippen LogP contribution in [0.3, 0.4) is 0 Å². The summed E-state index contributed by atoms with van der Waals surface area (Å²) in [6, 6.07) is 9.81. The SMILES string of the molecule is CCOC(=O)c1ccc(NC(=O)[C@H]2C[C@H](C(C)O)N[C@]23C(=O)Nc2c3ccc(C)c2C)cc1. The molecule has 4 atom stereocenters. The lowest BCUT2D eigenvalue weighted by Crippen LogP contribution is -2.53. The Morgan fingerprint density at radius 3 is 2.55 bits per heavy atom. The van der Waals surface area contributed by atoms with Gasteiger partial charge in [-0.05, 0) is 69.5 Å². The van der Waals surface area contributed by atoms with Crippen LogP contribution in [0.1, 0.15) is 47.3 Å². The van der Waals surface area contributed by atoms with Crippen molar-refractivity contribution < 1.29 is 24.2 Å². The van der Waals surface area contributed by atoms with Crippen molar-refractivity contribution in [3.63, 3.8) is 0 Å². The van der Waals surface area contributed by atoms with E-state index in [4.69, 9.17) is 4.74 Å². The zero-order valence-electron chi connectivity index (χ0n) is 19.2. The van der Waals surface area contributed by atoms with Crippen LogP contribution in [0.15, 0.2) is 36.4 Å². The highest BCUT2D eigenvalue weighted by atomic mass is 16.5. The standard InChI is InChI=1S/C25H29N3O5/c1-5-33-23(31)16-7-9-17(10-8-16)26-22(30)19-12-20(15(4)29)28-25(19)18-11-6-13(2)14(3)21(18)27-24(25)32/h6-11,15,19-20,28-29H,5,12H2,1-4H3,(H,26,30)(H,27,32)/t15?,19-,20-,25+/m1/s1. The van der Waals surface area contributed by atoms with E-state index in [-0.39, 0.29) is 18.4 Å². The number of amides is 2. The molecule has 0 bridgehead atoms. The summed E-state index contributed by atoms with van der Waals surface area (Å²) >= 11 is 0. The van der Waals surface area contributed by atoms with Crippen molar-refractivity contribution in [2.45, 2.75) is 51.8 Å². The number of anilines is 2. The molecule has 0 saturated carbocycles. The number of nitrogens with one attached hydrogen (secondary N) is 3. The highest BCUT2D eigenvalue weighted by molar-refractivity contribution is 6.11. The van der Waals surface area contributed by atoms with E-state index < -0.39 is 29.6 Å². The number of carbonyl (C=O) groups is 3. The van der Waals surface area contributed by atoms with E-state index in [0.29, 0.717) is 17.7 Å². The maximum Gasteiger partial charge on any atom is 0.338 e. The summed E-state index contributed by atoms with van der Waals surface area (Å²) in [6.45, 7) is 7.57. The van der Waals surface area contributed by atoms with Crippen LogP contribution < -0.4 is 16.0 Å². The Bertz CT molecular complexity index is 1110. The number of rotatable bonds is 5. The largest absolute Gasteiger partial charge is 0.462 e. The van der Waals surface area contributed by atoms with E-state index in [9.17, 15) is 19.5 Å². The smallest absolute Gasteiger partial charge is 0.338 e. The average molecular weight is 452 g/mol. The van der Waals surface area contributed by atoms with Gasteiger partial charge in [0.05, 0.1) is 24.2 Å². The van der Waals surface area contributed by atoms with Crippen LogP contribution >= 0.6 is 0 Å². The molecule has 2 heterocycles. The van der Waals surface area contributed by atoms with Gasteiger partial charge >= 0.3 is 5.97 Å². The number of carbonyl (C=O) groups excluding carboxylic acids is 3. The summed E-state index contributed by atoms with van der Waals surface area (Å²) in [6.07, 6.45) is -0.448. The molecule has 8 nitrogen and oxygen atoms in total. The first-order valence-corrected chi connectivity index (χ1v) is 11.1. The van der Waals surface area contributed by atoms with Gasteiger partial charge in [-0.1, -0.05) is 12.1 Å². The highest BCUT2D eigenvalue weighted by Crippen LogP contribution is 2.49. The lowest BCUT2D eigenvalue weighted by atomic mass is 9.78. The van der Waals surface area contributed by atoms with Crippen molar-refractivity contribution in [3.05, 3.63) is 58.7 Å². The third-order valence-corrected chi connectivity index (χ3v) is 6.75. The Morgan fingerprint density at radius 2 is 1.91 bits per heavy atom. The normalized spacial score (nSPS) is 24.3. The monoisotopic (exact) mass is 451 g/mol. The molecule has 1 spiro atoms. The van der Waals surface area contributed by atoms with Crippen LogP contribution in [0.4, 0.5) is 11.4 Å². The molecule has 1 fully saturated rings. The van der Waals surface area contributed by atoms with E-state index in [1.807, 2.05) is 26.0 Å². The fraction of sp³-hybridized carbons (Fsp3) is 0.400. The quantitative estimate of drug-likeness (QED) is 0.520. The molecule has 0 aromatic heterocycles. The first kappa shape index (κ1) is 22.9. The zero-order chi connectivity index (χ0) is 23.9. The maximum atomic E-state index is 13.5. The number of aliphatic hydroxyl groups excluding tert-OH is 1. The summed E-state index contributed by atoms with van der Waals surface area (Å²) < 4.78 is 4.99. The minimum Gasteiger partial charge on any atom is -0.462 e. The number of hydrogen-bond acceptors (Lipinski definition) is 6. The first-order valence-electron chi connectivity index (χ1n) is 11.1. The fourth-order valence-electron chi connectivity index (χ4n) is 4.77. The molecule has 2 amide bonds. The minimum absolute atomic E-state index is 0.279. The maximum absolute atomic E-state index is 13.5. The summed E-state index contributed by atoms with van der Waals surface area (Å²) in [5, 5.41) is 19.4. The van der Waals surface area contributed by atoms with Gasteiger partial charge in [-0.3, -0.25) is 14.9 Å². The van der Waals surface area contributed by atoms with Gasteiger partial charge < -0.3 is 20.5 Å². The predicted molar refractivity (Wildman–Crippen MR) is 124 cm³/mol. The van der Waals surface area contributed by atoms with E-state index in [2.05, 4.69) is 16.0 Å². The highest BCUT2D eigenvalue weighted by Gasteiger charge is 2.61. The van der Waals surface area contributed by atoms with Gasteiger partial charge in [0.25, 0.3) is 0 Å². The molecule has 4 N–H and O–H groups in total. The van der Waals surface area contributed by atoms with Crippen LogP contribution in [0, 0.1) is 19.8 Å². The van der Waals surface area contributed by atoms with E-state index >= 15 is 0 Å². The van der Waals surface area contributed by atoms with Gasteiger partial charge in [-0.25, -0.2) is 4.79 Å². The summed E-state index contributed by atoms with van der Waals surface area (Å²) in [5.74, 6) is -1.81. The number of esters is 1. The summed E-state index contributed by atoms with van der Waals surface area (Å²) in [4.78, 5) is 38.7. The Labute approximate surface area is 192 Å². The van der Waals surface area contributed by atoms with Gasteiger partial charge in [0, 0.05) is 23.0 Å². The van der Waals surface area contributed by atoms with Crippen LogP contribution in [0.2, 0.25) is 0 Å². The molecule has 0 aliphatic carbocycles. The van der Waals surface area contributed by atoms with E-state index in [1.54, 1.807) is 38.1 Å². The molecule has 2 aliphatic rings. The number of fused-ring (bicyclic) bond motifs is 2. The van der Waals surface area contributed by atoms with Crippen LogP contribution in [0.25, 0.3) is 0 Å². The Hall–Kier alpha value is -3.23. The van der Waals surface area contributed by atoms with E-state index in [1.165, 1.54) is 0 Å². The third kappa shape index (κ3) is 3.79. The van der Waals surface area contributed by atoms with Crippen molar-refractivity contribution in [1.82, 2.24) is 5.32 Å². The number of benzene rings is 2. The number of aryl methyl sites for hydroxylation is 1. The van der Waals surface area contributed by atoms with Gasteiger partial charge in [0.1, 0.15) is 5.54 Å². The Kier molecular flexibility index (Phi) is 5.99. The van der Waals surface area contributed by atoms with Gasteiger partial charge in [0.2, 0.25) is 11.8 Å². The number of hydrogen-bond donors (Lipinski definition) is 4. The van der Waals surface area contributed by atoms with Crippen LogP contribution in [-0.2, 0) is 19.9 Å². The molecule has 2 aromatic carbocycles. The van der Waals surface area contributed by atoms with E-state index in [0.717, 1.165) is 22.4 Å². The zero-order valence-corrected chi connectivity index (χ0v) is 19.2. The minimum atomic E-state index is -1.27. The fourth-order valence-corrected chi connectivity index (χ4v) is 4.77. The molecular weight excluding hydrogens is 422 g/mol. The lowest BCUT2D eigenvalue weighted by molar-refractivity contribution is -0.130. The first-order chi connectivity index (χ1) is 15.7. The van der Waals surface area contributed by atoms with Crippen molar-refractivity contribution in [2.24, 2.45) is 5.92 Å². The lowest BCUT2D eigenvalue weighted by Gasteiger charge is -2.29. The van der Waals surface area contributed by atoms with Crippen LogP contribution in [-0.4, -0.2) is 41.6 Å². The average Bonchev–Trinajstić information content (AvgIpc) is 3.32. The van der Waals surface area contributed by atoms with Gasteiger partial charge in [-0.2, -0.15) is 0 Å². The molecule has 1 unspecified atom stereocenters. The molecule has 2 aromatic rings. The summed E-state index contributed by atoms with van der Waals surface area (Å²) in [5.41, 5.74) is 3.05. The molecular formula is C25H29N3O5. The second-order valence-corrected chi connectivity index (χ2v) is 8.76. The number of aliphatic hydroxyl groups is 1. The predicted octanol–water partition coefficient (Wildman–Crippen LogP) is 2.63. The van der Waals surface area contributed by atoms with Crippen molar-refractivity contribution >= 4 is 29.2 Å². The second kappa shape index (κ2) is 8.61. The second-order valence-electron chi connectivity index (χ2n) is 8.76. The summed E-state index contributed by atoms with van der Waals surface area (Å²) in [7, 11) is 0.